The van der Waals surface area contributed by atoms with Crippen molar-refractivity contribution in [1.29, 1.82) is 0 Å². The molecule has 20 heavy (non-hydrogen) atoms. The largest absolute Gasteiger partial charge is 0.381 e. The lowest BCUT2D eigenvalue weighted by Crippen LogP contribution is -2.33. The summed E-state index contributed by atoms with van der Waals surface area (Å²) in [7, 11) is -2.06. The molecule has 0 radical (unpaired) electrons. The number of hydrogen-bond donors (Lipinski definition) is 2. The maximum absolute atomic E-state index is 12.0. The van der Waals surface area contributed by atoms with Crippen molar-refractivity contribution >= 4 is 15.9 Å². The van der Waals surface area contributed by atoms with Crippen molar-refractivity contribution < 1.29 is 17.9 Å². The van der Waals surface area contributed by atoms with Gasteiger partial charge in [0.05, 0.1) is 11.0 Å². The molecule has 0 aliphatic heterocycles. The molecule has 2 rings (SSSR count). The lowest BCUT2D eigenvalue weighted by atomic mass is 10.2. The topological polar surface area (TPSA) is 98.5 Å². The van der Waals surface area contributed by atoms with Gasteiger partial charge in [0.15, 0.2) is 0 Å². The Balaban J connectivity index is 2.00. The van der Waals surface area contributed by atoms with Gasteiger partial charge in [0.2, 0.25) is 10.0 Å². The number of nitrogens with two attached hydrogens (primary N) is 1. The minimum atomic E-state index is -3.73. The zero-order chi connectivity index (χ0) is 14.8. The quantitative estimate of drug-likeness (QED) is 0.851. The predicted molar refractivity (Wildman–Crippen MR) is 73.7 cm³/mol. The van der Waals surface area contributed by atoms with Crippen molar-refractivity contribution in [3.63, 3.8) is 0 Å². The van der Waals surface area contributed by atoms with E-state index >= 15 is 0 Å². The maximum atomic E-state index is 12.0. The molecule has 1 aliphatic carbocycles. The Morgan fingerprint density at radius 1 is 1.30 bits per heavy atom. The fraction of sp³-hybridized carbons (Fsp3) is 0.462. The highest BCUT2D eigenvalue weighted by Gasteiger charge is 2.25. The van der Waals surface area contributed by atoms with Crippen molar-refractivity contribution in [2.75, 3.05) is 7.11 Å². The van der Waals surface area contributed by atoms with E-state index in [1.54, 1.807) is 7.11 Å². The molecule has 0 spiro atoms. The van der Waals surface area contributed by atoms with Crippen LogP contribution in [0.5, 0.6) is 0 Å². The molecule has 1 amide bonds. The second kappa shape index (κ2) is 5.90. The molecule has 1 saturated carbocycles. The molecule has 1 fully saturated rings. The Labute approximate surface area is 118 Å². The van der Waals surface area contributed by atoms with Crippen LogP contribution < -0.4 is 10.5 Å². The first-order valence-corrected chi connectivity index (χ1v) is 7.91. The van der Waals surface area contributed by atoms with E-state index in [4.69, 9.17) is 9.88 Å². The van der Waals surface area contributed by atoms with Crippen LogP contribution in [-0.2, 0) is 14.8 Å². The van der Waals surface area contributed by atoms with Crippen molar-refractivity contribution in [2.24, 2.45) is 5.14 Å². The van der Waals surface area contributed by atoms with E-state index in [1.165, 1.54) is 24.3 Å². The van der Waals surface area contributed by atoms with Crippen LogP contribution in [0, 0.1) is 0 Å². The zero-order valence-corrected chi connectivity index (χ0v) is 12.0. The molecule has 0 saturated heterocycles. The Morgan fingerprint density at radius 2 is 1.95 bits per heavy atom. The molecule has 0 heterocycles. The third-order valence-electron chi connectivity index (χ3n) is 3.50. The molecule has 0 aromatic heterocycles. The van der Waals surface area contributed by atoms with Crippen molar-refractivity contribution in [1.82, 2.24) is 5.32 Å². The number of carbonyl (C=O) groups excluding carboxylic acids is 1. The number of primary sulfonamides is 1. The predicted octanol–water partition coefficient (Wildman–Crippen LogP) is 0.631. The van der Waals surface area contributed by atoms with Crippen LogP contribution in [0.3, 0.4) is 0 Å². The Bertz CT molecular complexity index is 583. The summed E-state index contributed by atoms with van der Waals surface area (Å²) in [6, 6.07) is 5.67. The Hall–Kier alpha value is -1.44. The number of amides is 1. The van der Waals surface area contributed by atoms with E-state index in [-0.39, 0.29) is 22.9 Å². The zero-order valence-electron chi connectivity index (χ0n) is 11.2. The number of methoxy groups -OCH3 is 1. The van der Waals surface area contributed by atoms with Crippen molar-refractivity contribution in [3.8, 4) is 0 Å². The van der Waals surface area contributed by atoms with Gasteiger partial charge in [-0.15, -0.1) is 0 Å². The van der Waals surface area contributed by atoms with Gasteiger partial charge < -0.3 is 10.1 Å². The van der Waals surface area contributed by atoms with Crippen LogP contribution in [0.4, 0.5) is 0 Å². The van der Waals surface area contributed by atoms with Gasteiger partial charge in [-0.25, -0.2) is 13.6 Å². The van der Waals surface area contributed by atoms with E-state index in [2.05, 4.69) is 5.32 Å². The third-order valence-corrected chi connectivity index (χ3v) is 4.43. The van der Waals surface area contributed by atoms with E-state index < -0.39 is 10.0 Å². The Morgan fingerprint density at radius 3 is 2.45 bits per heavy atom. The van der Waals surface area contributed by atoms with Gasteiger partial charge >= 0.3 is 0 Å². The number of benzene rings is 1. The van der Waals surface area contributed by atoms with E-state index in [0.29, 0.717) is 5.56 Å². The number of carbonyl (C=O) groups is 1. The molecule has 2 atom stereocenters. The molecule has 3 N–H and O–H groups in total. The highest BCUT2D eigenvalue weighted by Crippen LogP contribution is 2.21. The summed E-state index contributed by atoms with van der Waals surface area (Å²) >= 11 is 0. The fourth-order valence-electron chi connectivity index (χ4n) is 2.35. The summed E-state index contributed by atoms with van der Waals surface area (Å²) in [5.74, 6) is -0.215. The standard InChI is InChI=1S/C13H18N2O4S/c1-19-11-5-4-10(8-11)15-13(16)9-2-6-12(7-3-9)20(14,17)18/h2-3,6-7,10-11H,4-5,8H2,1H3,(H,15,16)(H2,14,17,18). The van der Waals surface area contributed by atoms with Gasteiger partial charge in [-0.05, 0) is 43.5 Å². The average molecular weight is 298 g/mol. The summed E-state index contributed by atoms with van der Waals surface area (Å²) in [5.41, 5.74) is 0.415. The highest BCUT2D eigenvalue weighted by molar-refractivity contribution is 7.89. The molecular weight excluding hydrogens is 280 g/mol. The van der Waals surface area contributed by atoms with Crippen LogP contribution in [-0.4, -0.2) is 33.6 Å². The normalized spacial score (nSPS) is 22.7. The average Bonchev–Trinajstić information content (AvgIpc) is 2.85. The molecule has 110 valence electrons. The van der Waals surface area contributed by atoms with Gasteiger partial charge in [-0.1, -0.05) is 0 Å². The second-order valence-corrected chi connectivity index (χ2v) is 6.47. The van der Waals surface area contributed by atoms with Crippen LogP contribution in [0.2, 0.25) is 0 Å². The first-order valence-electron chi connectivity index (χ1n) is 6.36. The van der Waals surface area contributed by atoms with Crippen LogP contribution in [0.15, 0.2) is 29.2 Å². The van der Waals surface area contributed by atoms with E-state index in [1.807, 2.05) is 0 Å². The third kappa shape index (κ3) is 3.56. The van der Waals surface area contributed by atoms with E-state index in [0.717, 1.165) is 19.3 Å². The lowest BCUT2D eigenvalue weighted by molar-refractivity contribution is 0.0915. The summed E-state index contributed by atoms with van der Waals surface area (Å²) in [5, 5.41) is 7.92. The summed E-state index contributed by atoms with van der Waals surface area (Å²) < 4.78 is 27.5. The van der Waals surface area contributed by atoms with Crippen LogP contribution in [0.1, 0.15) is 29.6 Å². The Kier molecular flexibility index (Phi) is 4.42. The second-order valence-electron chi connectivity index (χ2n) is 4.91. The minimum Gasteiger partial charge on any atom is -0.381 e. The van der Waals surface area contributed by atoms with Gasteiger partial charge in [0.1, 0.15) is 0 Å². The molecular formula is C13H18N2O4S. The molecule has 1 aliphatic rings. The van der Waals surface area contributed by atoms with Gasteiger partial charge in [-0.2, -0.15) is 0 Å². The number of nitrogens with one attached hydrogen (secondary N) is 1. The molecule has 1 aromatic rings. The van der Waals surface area contributed by atoms with Crippen molar-refractivity contribution in [3.05, 3.63) is 29.8 Å². The van der Waals surface area contributed by atoms with Crippen LogP contribution in [0.25, 0.3) is 0 Å². The van der Waals surface area contributed by atoms with Crippen molar-refractivity contribution in [2.45, 2.75) is 36.3 Å². The van der Waals surface area contributed by atoms with Gasteiger partial charge in [0.25, 0.3) is 5.91 Å². The van der Waals surface area contributed by atoms with Crippen LogP contribution >= 0.6 is 0 Å². The first kappa shape index (κ1) is 15.0. The number of hydrogen-bond acceptors (Lipinski definition) is 4. The number of sulfonamides is 1. The van der Waals surface area contributed by atoms with Gasteiger partial charge in [0, 0.05) is 18.7 Å². The molecule has 7 heteroatoms. The minimum absolute atomic E-state index is 0.00522. The lowest BCUT2D eigenvalue weighted by Gasteiger charge is -2.13. The summed E-state index contributed by atoms with van der Waals surface area (Å²) in [6.07, 6.45) is 2.83. The smallest absolute Gasteiger partial charge is 0.251 e. The SMILES string of the molecule is COC1CCC(NC(=O)c2ccc(S(N)(=O)=O)cc2)C1. The van der Waals surface area contributed by atoms with Gasteiger partial charge in [-0.3, -0.25) is 4.79 Å². The molecule has 0 bridgehead atoms. The fourth-order valence-corrected chi connectivity index (χ4v) is 2.87. The maximum Gasteiger partial charge on any atom is 0.251 e. The molecule has 1 aromatic carbocycles. The first-order chi connectivity index (χ1) is 9.40. The monoisotopic (exact) mass is 298 g/mol. The van der Waals surface area contributed by atoms with E-state index in [9.17, 15) is 13.2 Å². The molecule has 2 unspecified atom stereocenters. The number of ether oxygens (including phenoxy) is 1. The summed E-state index contributed by atoms with van der Waals surface area (Å²) in [4.78, 5) is 12.0. The number of rotatable bonds is 4. The molecule has 6 nitrogen and oxygen atoms in total. The summed E-state index contributed by atoms with van der Waals surface area (Å²) in [6.45, 7) is 0. The highest BCUT2D eigenvalue weighted by atomic mass is 32.2.